The Morgan fingerprint density at radius 1 is 1.08 bits per heavy atom. The van der Waals surface area contributed by atoms with Crippen molar-refractivity contribution in [3.63, 3.8) is 0 Å². The third kappa shape index (κ3) is 2.42. The van der Waals surface area contributed by atoms with Gasteiger partial charge in [0.25, 0.3) is 0 Å². The summed E-state index contributed by atoms with van der Waals surface area (Å²) < 4.78 is 0. The van der Waals surface area contributed by atoms with E-state index in [2.05, 4.69) is 0 Å². The van der Waals surface area contributed by atoms with Gasteiger partial charge in [-0.15, -0.1) is 0 Å². The lowest BCUT2D eigenvalue weighted by Crippen LogP contribution is -2.21. The molecule has 13 heavy (non-hydrogen) atoms. The largest absolute Gasteiger partial charge is 0.508 e. The second-order valence-corrected chi connectivity index (χ2v) is 2.79. The van der Waals surface area contributed by atoms with E-state index < -0.39 is 18.8 Å². The fourth-order valence-corrected chi connectivity index (χ4v) is 0.993. The third-order valence-corrected chi connectivity index (χ3v) is 1.79. The van der Waals surface area contributed by atoms with Crippen LogP contribution in [0.25, 0.3) is 0 Å². The Bertz CT molecular complexity index is 257. The number of aliphatic hydroxyl groups is 3. The second kappa shape index (κ2) is 4.23. The van der Waals surface area contributed by atoms with Gasteiger partial charge in [0.15, 0.2) is 0 Å². The van der Waals surface area contributed by atoms with Gasteiger partial charge in [-0.2, -0.15) is 0 Å². The number of aliphatic hydroxyl groups excluding tert-OH is 3. The summed E-state index contributed by atoms with van der Waals surface area (Å²) in [4.78, 5) is 0. The highest BCUT2D eigenvalue weighted by atomic mass is 16.4. The zero-order chi connectivity index (χ0) is 9.84. The zero-order valence-electron chi connectivity index (χ0n) is 6.96. The van der Waals surface area contributed by atoms with Crippen LogP contribution in [0.5, 0.6) is 5.75 Å². The summed E-state index contributed by atoms with van der Waals surface area (Å²) in [6.07, 6.45) is -2.31. The maximum absolute atomic E-state index is 9.39. The van der Waals surface area contributed by atoms with Crippen LogP contribution in [0, 0.1) is 0 Å². The lowest BCUT2D eigenvalue weighted by molar-refractivity contribution is -0.0152. The molecule has 0 fully saturated rings. The number of phenolic OH excluding ortho intramolecular Hbond substituents is 1. The monoisotopic (exact) mass is 184 g/mol. The predicted molar refractivity (Wildman–Crippen MR) is 46.2 cm³/mol. The molecular formula is C9H12O4. The molecule has 0 bridgehead atoms. The van der Waals surface area contributed by atoms with Crippen molar-refractivity contribution < 1.29 is 20.4 Å². The van der Waals surface area contributed by atoms with E-state index in [4.69, 9.17) is 15.3 Å². The Balaban J connectivity index is 2.77. The Morgan fingerprint density at radius 2 is 1.62 bits per heavy atom. The van der Waals surface area contributed by atoms with Crippen molar-refractivity contribution >= 4 is 0 Å². The molecule has 0 aliphatic carbocycles. The molecule has 0 saturated heterocycles. The molecule has 72 valence electrons. The number of hydrogen-bond donors (Lipinski definition) is 4. The molecule has 0 saturated carbocycles. The van der Waals surface area contributed by atoms with Crippen molar-refractivity contribution in [2.45, 2.75) is 12.2 Å². The number of phenols is 1. The summed E-state index contributed by atoms with van der Waals surface area (Å²) in [6.45, 7) is -0.498. The summed E-state index contributed by atoms with van der Waals surface area (Å²) in [5.41, 5.74) is 0.458. The van der Waals surface area contributed by atoms with E-state index in [1.54, 1.807) is 0 Å². The minimum absolute atomic E-state index is 0.0921. The second-order valence-electron chi connectivity index (χ2n) is 2.79. The summed E-state index contributed by atoms with van der Waals surface area (Å²) >= 11 is 0. The van der Waals surface area contributed by atoms with Crippen LogP contribution < -0.4 is 0 Å². The highest BCUT2D eigenvalue weighted by Crippen LogP contribution is 2.19. The van der Waals surface area contributed by atoms with Crippen LogP contribution in [-0.4, -0.2) is 33.1 Å². The SMILES string of the molecule is OC[C@@H](O)[C@H](O)c1ccc(O)cc1. The number of rotatable bonds is 3. The zero-order valence-corrected chi connectivity index (χ0v) is 6.96. The van der Waals surface area contributed by atoms with Gasteiger partial charge in [-0.3, -0.25) is 0 Å². The average molecular weight is 184 g/mol. The number of hydrogen-bond acceptors (Lipinski definition) is 4. The fourth-order valence-electron chi connectivity index (χ4n) is 0.993. The molecule has 1 aromatic rings. The number of benzene rings is 1. The van der Waals surface area contributed by atoms with Gasteiger partial charge in [-0.25, -0.2) is 0 Å². The summed E-state index contributed by atoms with van der Waals surface area (Å²) in [6, 6.07) is 5.78. The average Bonchev–Trinajstić information content (AvgIpc) is 2.17. The molecule has 1 aromatic carbocycles. The summed E-state index contributed by atoms with van der Waals surface area (Å²) in [5.74, 6) is 0.0921. The molecule has 0 radical (unpaired) electrons. The fraction of sp³-hybridized carbons (Fsp3) is 0.333. The van der Waals surface area contributed by atoms with E-state index in [0.29, 0.717) is 5.56 Å². The Labute approximate surface area is 75.7 Å². The minimum atomic E-state index is -1.19. The van der Waals surface area contributed by atoms with E-state index in [-0.39, 0.29) is 5.75 Å². The van der Waals surface area contributed by atoms with Crippen molar-refractivity contribution in [1.29, 1.82) is 0 Å². The van der Waals surface area contributed by atoms with Crippen LogP contribution >= 0.6 is 0 Å². The Hall–Kier alpha value is -1.10. The van der Waals surface area contributed by atoms with E-state index in [1.165, 1.54) is 24.3 Å². The third-order valence-electron chi connectivity index (χ3n) is 1.79. The van der Waals surface area contributed by atoms with Crippen LogP contribution in [-0.2, 0) is 0 Å². The Morgan fingerprint density at radius 3 is 2.08 bits per heavy atom. The number of aromatic hydroxyl groups is 1. The molecule has 4 N–H and O–H groups in total. The molecule has 0 heterocycles. The van der Waals surface area contributed by atoms with Crippen molar-refractivity contribution in [1.82, 2.24) is 0 Å². The lowest BCUT2D eigenvalue weighted by Gasteiger charge is -2.15. The first-order chi connectivity index (χ1) is 6.15. The van der Waals surface area contributed by atoms with Gasteiger partial charge >= 0.3 is 0 Å². The quantitative estimate of drug-likeness (QED) is 0.523. The van der Waals surface area contributed by atoms with Crippen molar-refractivity contribution in [2.24, 2.45) is 0 Å². The molecule has 0 amide bonds. The van der Waals surface area contributed by atoms with Gasteiger partial charge in [0.1, 0.15) is 18.0 Å². The van der Waals surface area contributed by atoms with Crippen LogP contribution in [0.3, 0.4) is 0 Å². The van der Waals surface area contributed by atoms with Gasteiger partial charge in [0.2, 0.25) is 0 Å². The lowest BCUT2D eigenvalue weighted by atomic mass is 10.1. The van der Waals surface area contributed by atoms with E-state index in [9.17, 15) is 5.11 Å². The minimum Gasteiger partial charge on any atom is -0.508 e. The molecule has 0 aliphatic heterocycles. The maximum atomic E-state index is 9.39. The standard InChI is InChI=1S/C9H12O4/c10-5-8(12)9(13)6-1-3-7(11)4-2-6/h1-4,8-13H,5H2/t8-,9-/m1/s1. The smallest absolute Gasteiger partial charge is 0.115 e. The van der Waals surface area contributed by atoms with E-state index in [0.717, 1.165) is 0 Å². The van der Waals surface area contributed by atoms with Crippen molar-refractivity contribution in [2.75, 3.05) is 6.61 Å². The molecule has 4 heteroatoms. The van der Waals surface area contributed by atoms with Crippen LogP contribution in [0.1, 0.15) is 11.7 Å². The van der Waals surface area contributed by atoms with Crippen LogP contribution in [0.2, 0.25) is 0 Å². The molecular weight excluding hydrogens is 172 g/mol. The first kappa shape index (κ1) is 9.98. The first-order valence-electron chi connectivity index (χ1n) is 3.91. The molecule has 0 unspecified atom stereocenters. The topological polar surface area (TPSA) is 80.9 Å². The van der Waals surface area contributed by atoms with Crippen LogP contribution in [0.15, 0.2) is 24.3 Å². The van der Waals surface area contributed by atoms with Crippen molar-refractivity contribution in [3.8, 4) is 5.75 Å². The van der Waals surface area contributed by atoms with E-state index in [1.807, 2.05) is 0 Å². The highest BCUT2D eigenvalue weighted by molar-refractivity contribution is 5.27. The van der Waals surface area contributed by atoms with Gasteiger partial charge in [0.05, 0.1) is 6.61 Å². The first-order valence-corrected chi connectivity index (χ1v) is 3.91. The molecule has 0 aromatic heterocycles. The summed E-state index contributed by atoms with van der Waals surface area (Å²) in [5, 5.41) is 36.0. The van der Waals surface area contributed by atoms with E-state index >= 15 is 0 Å². The molecule has 1 rings (SSSR count). The van der Waals surface area contributed by atoms with Gasteiger partial charge in [-0.1, -0.05) is 12.1 Å². The van der Waals surface area contributed by atoms with Crippen molar-refractivity contribution in [3.05, 3.63) is 29.8 Å². The highest BCUT2D eigenvalue weighted by Gasteiger charge is 2.16. The summed E-state index contributed by atoms with van der Waals surface area (Å²) in [7, 11) is 0. The Kier molecular flexibility index (Phi) is 3.25. The van der Waals surface area contributed by atoms with Crippen LogP contribution in [0.4, 0.5) is 0 Å². The molecule has 2 atom stereocenters. The van der Waals surface area contributed by atoms with Gasteiger partial charge in [0, 0.05) is 0 Å². The predicted octanol–water partition coefficient (Wildman–Crippen LogP) is -0.221. The maximum Gasteiger partial charge on any atom is 0.115 e. The molecule has 0 spiro atoms. The van der Waals surface area contributed by atoms with Gasteiger partial charge in [-0.05, 0) is 17.7 Å². The van der Waals surface area contributed by atoms with Gasteiger partial charge < -0.3 is 20.4 Å². The molecule has 4 nitrogen and oxygen atoms in total. The molecule has 0 aliphatic rings. The normalized spacial score (nSPS) is 15.3.